The van der Waals surface area contributed by atoms with Crippen LogP contribution < -0.4 is 11.5 Å². The molecule has 13 heavy (non-hydrogen) atoms. The van der Waals surface area contributed by atoms with E-state index < -0.39 is 5.54 Å². The van der Waals surface area contributed by atoms with E-state index in [1.807, 2.05) is 0 Å². The van der Waals surface area contributed by atoms with Crippen molar-refractivity contribution in [3.05, 3.63) is 24.0 Å². The Morgan fingerprint density at radius 1 is 1.46 bits per heavy atom. The Bertz CT molecular complexity index is 283. The Balaban J connectivity index is 2.92. The maximum absolute atomic E-state index is 10.2. The zero-order valence-corrected chi connectivity index (χ0v) is 7.36. The van der Waals surface area contributed by atoms with Gasteiger partial charge in [-0.3, -0.25) is 0 Å². The van der Waals surface area contributed by atoms with Crippen LogP contribution in [0.25, 0.3) is 0 Å². The van der Waals surface area contributed by atoms with Gasteiger partial charge in [0.1, 0.15) is 0 Å². The topological polar surface area (TPSA) is 81.5 Å². The van der Waals surface area contributed by atoms with Crippen LogP contribution in [0.1, 0.15) is 19.3 Å². The molecule has 0 aromatic rings. The Kier molecular flexibility index (Phi) is 2.88. The lowest BCUT2D eigenvalue weighted by molar-refractivity contribution is 0.305. The summed E-state index contributed by atoms with van der Waals surface area (Å²) in [5.41, 5.74) is 11.0. The fourth-order valence-electron chi connectivity index (χ4n) is 1.53. The van der Waals surface area contributed by atoms with Gasteiger partial charge < -0.3 is 11.5 Å². The van der Waals surface area contributed by atoms with Crippen molar-refractivity contribution in [1.29, 1.82) is 0 Å². The van der Waals surface area contributed by atoms with Gasteiger partial charge in [0, 0.05) is 0 Å². The summed E-state index contributed by atoms with van der Waals surface area (Å²) in [5, 5.41) is 0. The standard InChI is InChI=1S/C9H13N3O/c10-5-2-8(6-11)9(12-7-13)3-1-4-9/h2,5-6H,1,3-4,10-11H2/b5-2-,8-6+. The van der Waals surface area contributed by atoms with Crippen molar-refractivity contribution in [3.63, 3.8) is 0 Å². The zero-order valence-electron chi connectivity index (χ0n) is 7.36. The summed E-state index contributed by atoms with van der Waals surface area (Å²) < 4.78 is 0. The van der Waals surface area contributed by atoms with Crippen molar-refractivity contribution in [3.8, 4) is 0 Å². The minimum Gasteiger partial charge on any atom is -0.405 e. The SMILES string of the molecule is N/C=C\C(=C/N)C1(N=C=O)CCC1. The molecule has 70 valence electrons. The van der Waals surface area contributed by atoms with Crippen molar-refractivity contribution in [2.24, 2.45) is 16.5 Å². The molecule has 1 fully saturated rings. The van der Waals surface area contributed by atoms with Gasteiger partial charge in [-0.15, -0.1) is 0 Å². The van der Waals surface area contributed by atoms with E-state index in [2.05, 4.69) is 4.99 Å². The van der Waals surface area contributed by atoms with Crippen LogP contribution in [0.4, 0.5) is 0 Å². The van der Waals surface area contributed by atoms with Crippen LogP contribution in [0.15, 0.2) is 29.0 Å². The van der Waals surface area contributed by atoms with Crippen molar-refractivity contribution >= 4 is 6.08 Å². The van der Waals surface area contributed by atoms with Crippen molar-refractivity contribution < 1.29 is 4.79 Å². The Labute approximate surface area is 77.0 Å². The quantitative estimate of drug-likeness (QED) is 0.377. The molecule has 4 nitrogen and oxygen atoms in total. The zero-order chi connectivity index (χ0) is 9.73. The minimum absolute atomic E-state index is 0.438. The van der Waals surface area contributed by atoms with Crippen LogP contribution in [-0.4, -0.2) is 11.6 Å². The molecule has 0 heterocycles. The average Bonchev–Trinajstić information content (AvgIpc) is 2.08. The minimum atomic E-state index is -0.438. The highest BCUT2D eigenvalue weighted by molar-refractivity contribution is 5.42. The fourth-order valence-corrected chi connectivity index (χ4v) is 1.53. The maximum atomic E-state index is 10.2. The van der Waals surface area contributed by atoms with E-state index in [0.717, 1.165) is 24.8 Å². The molecule has 0 unspecified atom stereocenters. The molecule has 0 radical (unpaired) electrons. The van der Waals surface area contributed by atoms with Gasteiger partial charge in [0.15, 0.2) is 0 Å². The van der Waals surface area contributed by atoms with Gasteiger partial charge in [0.05, 0.1) is 5.54 Å². The Morgan fingerprint density at radius 2 is 2.15 bits per heavy atom. The number of carbonyl (C=O) groups excluding carboxylic acids is 1. The van der Waals surface area contributed by atoms with Gasteiger partial charge in [-0.05, 0) is 43.3 Å². The molecule has 0 amide bonds. The Morgan fingerprint density at radius 3 is 2.46 bits per heavy atom. The molecule has 0 bridgehead atoms. The van der Waals surface area contributed by atoms with Crippen LogP contribution in [0.5, 0.6) is 0 Å². The van der Waals surface area contributed by atoms with E-state index >= 15 is 0 Å². The van der Waals surface area contributed by atoms with E-state index in [4.69, 9.17) is 11.5 Å². The largest absolute Gasteiger partial charge is 0.405 e. The summed E-state index contributed by atoms with van der Waals surface area (Å²) in [6.45, 7) is 0. The highest BCUT2D eigenvalue weighted by Crippen LogP contribution is 2.41. The lowest BCUT2D eigenvalue weighted by atomic mass is 9.72. The molecular formula is C9H13N3O. The van der Waals surface area contributed by atoms with E-state index in [1.54, 1.807) is 12.2 Å². The Hall–Kier alpha value is -1.54. The number of aliphatic imine (C=N–C) groups is 1. The van der Waals surface area contributed by atoms with Crippen LogP contribution in [-0.2, 0) is 4.79 Å². The molecule has 0 saturated heterocycles. The van der Waals surface area contributed by atoms with E-state index in [1.165, 1.54) is 12.4 Å². The number of nitrogens with two attached hydrogens (primary N) is 2. The molecule has 4 N–H and O–H groups in total. The second kappa shape index (κ2) is 3.92. The predicted octanol–water partition coefficient (Wildman–Crippen LogP) is 0.560. The number of isocyanates is 1. The van der Waals surface area contributed by atoms with Gasteiger partial charge in [-0.1, -0.05) is 0 Å². The monoisotopic (exact) mass is 179 g/mol. The first-order valence-corrected chi connectivity index (χ1v) is 4.19. The number of hydrogen-bond acceptors (Lipinski definition) is 4. The van der Waals surface area contributed by atoms with E-state index in [0.29, 0.717) is 0 Å². The summed E-state index contributed by atoms with van der Waals surface area (Å²) in [6.07, 6.45) is 8.86. The summed E-state index contributed by atoms with van der Waals surface area (Å²) >= 11 is 0. The van der Waals surface area contributed by atoms with Crippen molar-refractivity contribution in [2.45, 2.75) is 24.8 Å². The summed E-state index contributed by atoms with van der Waals surface area (Å²) in [5.74, 6) is 0. The van der Waals surface area contributed by atoms with Crippen LogP contribution in [0.3, 0.4) is 0 Å². The highest BCUT2D eigenvalue weighted by atomic mass is 16.1. The van der Waals surface area contributed by atoms with E-state index in [-0.39, 0.29) is 0 Å². The van der Waals surface area contributed by atoms with Gasteiger partial charge >= 0.3 is 0 Å². The first-order chi connectivity index (χ1) is 6.29. The molecule has 1 aliphatic carbocycles. The number of hydrogen-bond donors (Lipinski definition) is 2. The van der Waals surface area contributed by atoms with Crippen molar-refractivity contribution in [1.82, 2.24) is 0 Å². The van der Waals surface area contributed by atoms with Crippen LogP contribution >= 0.6 is 0 Å². The van der Waals surface area contributed by atoms with E-state index in [9.17, 15) is 4.79 Å². The summed E-state index contributed by atoms with van der Waals surface area (Å²) in [7, 11) is 0. The molecule has 1 rings (SSSR count). The lowest BCUT2D eigenvalue weighted by Gasteiger charge is -2.37. The molecule has 0 atom stereocenters. The third-order valence-electron chi connectivity index (χ3n) is 2.43. The van der Waals surface area contributed by atoms with Gasteiger partial charge in [-0.2, -0.15) is 4.99 Å². The maximum Gasteiger partial charge on any atom is 0.235 e. The first kappa shape index (κ1) is 9.55. The highest BCUT2D eigenvalue weighted by Gasteiger charge is 2.39. The molecule has 1 saturated carbocycles. The normalized spacial score (nSPS) is 20.8. The average molecular weight is 179 g/mol. The van der Waals surface area contributed by atoms with Gasteiger partial charge in [0.25, 0.3) is 0 Å². The molecule has 0 spiro atoms. The first-order valence-electron chi connectivity index (χ1n) is 4.19. The van der Waals surface area contributed by atoms with Crippen LogP contribution in [0, 0.1) is 0 Å². The fraction of sp³-hybridized carbons (Fsp3) is 0.444. The molecule has 4 heteroatoms. The molecule has 1 aliphatic rings. The second-order valence-electron chi connectivity index (χ2n) is 3.07. The molecular weight excluding hydrogens is 166 g/mol. The van der Waals surface area contributed by atoms with Crippen molar-refractivity contribution in [2.75, 3.05) is 0 Å². The molecule has 0 aromatic carbocycles. The van der Waals surface area contributed by atoms with Gasteiger partial charge in [-0.25, -0.2) is 4.79 Å². The number of rotatable bonds is 3. The van der Waals surface area contributed by atoms with Crippen LogP contribution in [0.2, 0.25) is 0 Å². The predicted molar refractivity (Wildman–Crippen MR) is 50.3 cm³/mol. The second-order valence-corrected chi connectivity index (χ2v) is 3.07. The number of nitrogens with zero attached hydrogens (tertiary/aromatic N) is 1. The van der Waals surface area contributed by atoms with Gasteiger partial charge in [0.2, 0.25) is 6.08 Å². The third-order valence-corrected chi connectivity index (χ3v) is 2.43. The summed E-state index contributed by atoms with van der Waals surface area (Å²) in [6, 6.07) is 0. The summed E-state index contributed by atoms with van der Waals surface area (Å²) in [4.78, 5) is 14.0. The molecule has 0 aromatic heterocycles. The third kappa shape index (κ3) is 1.63. The molecule has 0 aliphatic heterocycles. The smallest absolute Gasteiger partial charge is 0.235 e. The lowest BCUT2D eigenvalue weighted by Crippen LogP contribution is -2.37.